The van der Waals surface area contributed by atoms with Crippen LogP contribution in [0.25, 0.3) is 0 Å². The molecule has 0 atom stereocenters. The van der Waals surface area contributed by atoms with E-state index < -0.39 is 0 Å². The molecule has 2 aromatic carbocycles. The third-order valence-electron chi connectivity index (χ3n) is 2.53. The van der Waals surface area contributed by atoms with Gasteiger partial charge in [-0.1, -0.05) is 18.2 Å². The Morgan fingerprint density at radius 1 is 1.06 bits per heavy atom. The van der Waals surface area contributed by atoms with Gasteiger partial charge in [0.15, 0.2) is 17.2 Å². The van der Waals surface area contributed by atoms with Crippen molar-refractivity contribution in [3.63, 3.8) is 0 Å². The number of hydrogen-bond donors (Lipinski definition) is 1. The molecule has 0 aliphatic carbocycles. The predicted molar refractivity (Wildman–Crippen MR) is 62.9 cm³/mol. The van der Waals surface area contributed by atoms with E-state index in [-0.39, 0.29) is 0 Å². The van der Waals surface area contributed by atoms with E-state index in [9.17, 15) is 4.79 Å². The van der Waals surface area contributed by atoms with E-state index in [1.165, 1.54) is 0 Å². The third kappa shape index (κ3) is 1.59. The lowest BCUT2D eigenvalue weighted by atomic mass is 10.2. The molecule has 0 saturated heterocycles. The van der Waals surface area contributed by atoms with Gasteiger partial charge in [-0.3, -0.25) is 4.79 Å². The van der Waals surface area contributed by atoms with Gasteiger partial charge in [0.2, 0.25) is 0 Å². The standard InChI is InChI=1S/C13H9NO3/c15-8-16-11-6-3-7-12-13(11)14-9-4-1-2-5-10(9)17-12/h1-8,14H. The van der Waals surface area contributed by atoms with Gasteiger partial charge in [0.25, 0.3) is 6.47 Å². The first-order valence-electron chi connectivity index (χ1n) is 5.16. The average Bonchev–Trinajstić information content (AvgIpc) is 2.37. The minimum atomic E-state index is 0.401. The van der Waals surface area contributed by atoms with Crippen LogP contribution in [-0.4, -0.2) is 6.47 Å². The number of carbonyl (C=O) groups excluding carboxylic acids is 1. The maximum Gasteiger partial charge on any atom is 0.298 e. The summed E-state index contributed by atoms with van der Waals surface area (Å²) in [4.78, 5) is 10.4. The number of hydrogen-bond acceptors (Lipinski definition) is 4. The number of benzene rings is 2. The lowest BCUT2D eigenvalue weighted by Crippen LogP contribution is -2.04. The lowest BCUT2D eigenvalue weighted by Gasteiger charge is -2.22. The van der Waals surface area contributed by atoms with Gasteiger partial charge in [-0.05, 0) is 24.3 Å². The molecule has 1 N–H and O–H groups in total. The molecule has 0 spiro atoms. The van der Waals surface area contributed by atoms with E-state index in [1.54, 1.807) is 12.1 Å². The number of anilines is 2. The third-order valence-corrected chi connectivity index (χ3v) is 2.53. The second-order valence-electron chi connectivity index (χ2n) is 3.57. The zero-order valence-corrected chi connectivity index (χ0v) is 8.84. The Balaban J connectivity index is 2.08. The molecule has 4 heteroatoms. The molecular formula is C13H9NO3. The van der Waals surface area contributed by atoms with Crippen LogP contribution in [0.3, 0.4) is 0 Å². The minimum absolute atomic E-state index is 0.401. The molecular weight excluding hydrogens is 218 g/mol. The fourth-order valence-electron chi connectivity index (χ4n) is 1.78. The Labute approximate surface area is 97.8 Å². The summed E-state index contributed by atoms with van der Waals surface area (Å²) in [7, 11) is 0. The molecule has 1 aliphatic heterocycles. The van der Waals surface area contributed by atoms with Crippen molar-refractivity contribution >= 4 is 17.8 Å². The molecule has 0 amide bonds. The van der Waals surface area contributed by atoms with Crippen LogP contribution in [0.4, 0.5) is 11.4 Å². The van der Waals surface area contributed by atoms with E-state index >= 15 is 0 Å². The number of ether oxygens (including phenoxy) is 2. The Morgan fingerprint density at radius 2 is 1.88 bits per heavy atom. The van der Waals surface area contributed by atoms with Gasteiger partial charge in [-0.25, -0.2) is 0 Å². The van der Waals surface area contributed by atoms with Gasteiger partial charge in [-0.2, -0.15) is 0 Å². The van der Waals surface area contributed by atoms with Gasteiger partial charge in [0, 0.05) is 0 Å². The van der Waals surface area contributed by atoms with Gasteiger partial charge in [0.05, 0.1) is 5.69 Å². The van der Waals surface area contributed by atoms with Crippen molar-refractivity contribution in [2.24, 2.45) is 0 Å². The van der Waals surface area contributed by atoms with Crippen molar-refractivity contribution in [3.05, 3.63) is 42.5 Å². The van der Waals surface area contributed by atoms with E-state index in [0.717, 1.165) is 11.4 Å². The van der Waals surface area contributed by atoms with E-state index in [2.05, 4.69) is 5.32 Å². The summed E-state index contributed by atoms with van der Waals surface area (Å²) in [6.45, 7) is 0.401. The highest BCUT2D eigenvalue weighted by Crippen LogP contribution is 2.45. The summed E-state index contributed by atoms with van der Waals surface area (Å²) in [5, 5.41) is 3.18. The molecule has 0 saturated carbocycles. The Morgan fingerprint density at radius 3 is 2.76 bits per heavy atom. The van der Waals surface area contributed by atoms with E-state index in [0.29, 0.717) is 23.7 Å². The maximum atomic E-state index is 10.4. The number of carbonyl (C=O) groups is 1. The molecule has 3 rings (SSSR count). The first kappa shape index (κ1) is 9.72. The van der Waals surface area contributed by atoms with Crippen molar-refractivity contribution in [3.8, 4) is 17.2 Å². The van der Waals surface area contributed by atoms with Gasteiger partial charge in [-0.15, -0.1) is 0 Å². The van der Waals surface area contributed by atoms with E-state index in [1.807, 2.05) is 30.3 Å². The highest BCUT2D eigenvalue weighted by Gasteiger charge is 2.19. The van der Waals surface area contributed by atoms with Crippen LogP contribution in [-0.2, 0) is 4.79 Å². The lowest BCUT2D eigenvalue weighted by molar-refractivity contribution is -0.120. The Hall–Kier alpha value is -2.49. The van der Waals surface area contributed by atoms with Crippen molar-refractivity contribution in [2.75, 3.05) is 5.32 Å². The van der Waals surface area contributed by atoms with Crippen LogP contribution in [0, 0.1) is 0 Å². The van der Waals surface area contributed by atoms with Gasteiger partial charge < -0.3 is 14.8 Å². The summed E-state index contributed by atoms with van der Waals surface area (Å²) < 4.78 is 10.6. The van der Waals surface area contributed by atoms with Crippen molar-refractivity contribution in [1.29, 1.82) is 0 Å². The highest BCUT2D eigenvalue weighted by atomic mass is 16.5. The van der Waals surface area contributed by atoms with Crippen LogP contribution in [0.15, 0.2) is 42.5 Å². The highest BCUT2D eigenvalue weighted by molar-refractivity contribution is 5.80. The van der Waals surface area contributed by atoms with Crippen molar-refractivity contribution in [2.45, 2.75) is 0 Å². The fourth-order valence-corrected chi connectivity index (χ4v) is 1.78. The summed E-state index contributed by atoms with van der Waals surface area (Å²) in [6, 6.07) is 12.9. The molecule has 0 aromatic heterocycles. The molecule has 1 aliphatic rings. The molecule has 84 valence electrons. The molecule has 1 heterocycles. The SMILES string of the molecule is O=COc1cccc2c1Nc1ccccc1O2. The van der Waals surface area contributed by atoms with E-state index in [4.69, 9.17) is 9.47 Å². The molecule has 0 unspecified atom stereocenters. The zero-order chi connectivity index (χ0) is 11.7. The molecule has 0 bridgehead atoms. The minimum Gasteiger partial charge on any atom is -0.453 e. The summed E-state index contributed by atoms with van der Waals surface area (Å²) in [6.07, 6.45) is 0. The molecule has 17 heavy (non-hydrogen) atoms. The van der Waals surface area contributed by atoms with Crippen LogP contribution >= 0.6 is 0 Å². The van der Waals surface area contributed by atoms with Gasteiger partial charge >= 0.3 is 0 Å². The molecule has 2 aromatic rings. The smallest absolute Gasteiger partial charge is 0.298 e. The largest absolute Gasteiger partial charge is 0.453 e. The average molecular weight is 227 g/mol. The quantitative estimate of drug-likeness (QED) is 0.683. The molecule has 4 nitrogen and oxygen atoms in total. The first-order valence-corrected chi connectivity index (χ1v) is 5.16. The summed E-state index contributed by atoms with van der Waals surface area (Å²) in [5.41, 5.74) is 1.51. The second kappa shape index (κ2) is 3.83. The van der Waals surface area contributed by atoms with Crippen molar-refractivity contribution in [1.82, 2.24) is 0 Å². The summed E-state index contributed by atoms with van der Waals surface area (Å²) >= 11 is 0. The fraction of sp³-hybridized carbons (Fsp3) is 0. The second-order valence-corrected chi connectivity index (χ2v) is 3.57. The Bertz CT molecular complexity index is 581. The van der Waals surface area contributed by atoms with Crippen LogP contribution in [0.5, 0.6) is 17.2 Å². The molecule has 0 radical (unpaired) electrons. The predicted octanol–water partition coefficient (Wildman–Crippen LogP) is 3.07. The maximum absolute atomic E-state index is 10.4. The number of rotatable bonds is 2. The van der Waals surface area contributed by atoms with Crippen LogP contribution in [0.2, 0.25) is 0 Å². The van der Waals surface area contributed by atoms with Crippen LogP contribution < -0.4 is 14.8 Å². The Kier molecular flexibility index (Phi) is 2.19. The first-order chi connectivity index (χ1) is 8.38. The normalized spacial score (nSPS) is 11.5. The summed E-state index contributed by atoms with van der Waals surface area (Å²) in [5.74, 6) is 1.85. The van der Waals surface area contributed by atoms with Gasteiger partial charge in [0.1, 0.15) is 5.69 Å². The number of para-hydroxylation sites is 3. The van der Waals surface area contributed by atoms with Crippen LogP contribution in [0.1, 0.15) is 0 Å². The number of fused-ring (bicyclic) bond motifs is 2. The number of nitrogens with one attached hydrogen (secondary N) is 1. The monoisotopic (exact) mass is 227 g/mol. The van der Waals surface area contributed by atoms with Crippen molar-refractivity contribution < 1.29 is 14.3 Å². The molecule has 0 fully saturated rings. The topological polar surface area (TPSA) is 47.6 Å². The zero-order valence-electron chi connectivity index (χ0n) is 8.84.